The summed E-state index contributed by atoms with van der Waals surface area (Å²) in [6, 6.07) is 3.70. The SMILES string of the molecule is Fc1ccc(Cc2nsc(Cl)n2)cc1F. The van der Waals surface area contributed by atoms with E-state index in [9.17, 15) is 8.78 Å². The summed E-state index contributed by atoms with van der Waals surface area (Å²) in [6.45, 7) is 0. The second kappa shape index (κ2) is 4.20. The highest BCUT2D eigenvalue weighted by Gasteiger charge is 2.06. The van der Waals surface area contributed by atoms with Gasteiger partial charge in [0, 0.05) is 6.42 Å². The van der Waals surface area contributed by atoms with Crippen molar-refractivity contribution in [2.24, 2.45) is 0 Å². The van der Waals surface area contributed by atoms with Gasteiger partial charge in [0.15, 0.2) is 11.6 Å². The Balaban J connectivity index is 2.21. The maximum Gasteiger partial charge on any atom is 0.203 e. The van der Waals surface area contributed by atoms with E-state index in [0.29, 0.717) is 22.3 Å². The van der Waals surface area contributed by atoms with Crippen LogP contribution in [0.25, 0.3) is 0 Å². The lowest BCUT2D eigenvalue weighted by Gasteiger charge is -1.98. The van der Waals surface area contributed by atoms with Crippen LogP contribution in [0, 0.1) is 11.6 Å². The lowest BCUT2D eigenvalue weighted by atomic mass is 10.1. The van der Waals surface area contributed by atoms with Crippen molar-refractivity contribution < 1.29 is 8.78 Å². The van der Waals surface area contributed by atoms with Crippen molar-refractivity contribution in [2.45, 2.75) is 6.42 Å². The van der Waals surface area contributed by atoms with Gasteiger partial charge >= 0.3 is 0 Å². The van der Waals surface area contributed by atoms with Crippen molar-refractivity contribution in [1.29, 1.82) is 0 Å². The van der Waals surface area contributed by atoms with E-state index < -0.39 is 11.6 Å². The standard InChI is InChI=1S/C9H5ClF2N2S/c10-9-13-8(14-15-9)4-5-1-2-6(11)7(12)3-5/h1-3H,4H2. The summed E-state index contributed by atoms with van der Waals surface area (Å²) in [4.78, 5) is 3.91. The van der Waals surface area contributed by atoms with Crippen molar-refractivity contribution >= 4 is 23.1 Å². The monoisotopic (exact) mass is 246 g/mol. The van der Waals surface area contributed by atoms with Crippen molar-refractivity contribution in [2.75, 3.05) is 0 Å². The van der Waals surface area contributed by atoms with Crippen molar-refractivity contribution in [3.63, 3.8) is 0 Å². The minimum Gasteiger partial charge on any atom is -0.208 e. The fraction of sp³-hybridized carbons (Fsp3) is 0.111. The van der Waals surface area contributed by atoms with E-state index in [4.69, 9.17) is 11.6 Å². The van der Waals surface area contributed by atoms with Crippen LogP contribution >= 0.6 is 23.1 Å². The summed E-state index contributed by atoms with van der Waals surface area (Å²) in [5, 5.41) is 0. The van der Waals surface area contributed by atoms with E-state index in [1.807, 2.05) is 0 Å². The zero-order valence-corrected chi connectivity index (χ0v) is 8.95. The average molecular weight is 247 g/mol. The molecule has 0 aliphatic rings. The smallest absolute Gasteiger partial charge is 0.203 e. The van der Waals surface area contributed by atoms with E-state index in [0.717, 1.165) is 23.7 Å². The predicted octanol–water partition coefficient (Wildman–Crippen LogP) is 3.06. The number of benzene rings is 1. The molecule has 1 aromatic heterocycles. The van der Waals surface area contributed by atoms with Crippen LogP contribution in [-0.4, -0.2) is 9.36 Å². The van der Waals surface area contributed by atoms with Gasteiger partial charge in [-0.2, -0.15) is 4.37 Å². The Kier molecular flexibility index (Phi) is 2.93. The number of hydrogen-bond donors (Lipinski definition) is 0. The van der Waals surface area contributed by atoms with Crippen molar-refractivity contribution in [1.82, 2.24) is 9.36 Å². The highest BCUT2D eigenvalue weighted by molar-refractivity contribution is 7.10. The van der Waals surface area contributed by atoms with Crippen LogP contribution in [0.1, 0.15) is 11.4 Å². The van der Waals surface area contributed by atoms with E-state index in [2.05, 4.69) is 9.36 Å². The number of aromatic nitrogens is 2. The molecule has 78 valence electrons. The first-order valence-corrected chi connectivity index (χ1v) is 5.22. The van der Waals surface area contributed by atoms with Crippen molar-refractivity contribution in [3.8, 4) is 0 Å². The van der Waals surface area contributed by atoms with Crippen LogP contribution in [0.3, 0.4) is 0 Å². The molecular formula is C9H5ClF2N2S. The molecular weight excluding hydrogens is 242 g/mol. The van der Waals surface area contributed by atoms with Gasteiger partial charge in [-0.15, -0.1) is 0 Å². The third-order valence-corrected chi connectivity index (χ3v) is 2.63. The number of hydrogen-bond acceptors (Lipinski definition) is 3. The summed E-state index contributed by atoms with van der Waals surface area (Å²) >= 11 is 6.66. The van der Waals surface area contributed by atoms with Gasteiger partial charge in [-0.05, 0) is 40.8 Å². The second-order valence-corrected chi connectivity index (χ2v) is 4.22. The molecule has 15 heavy (non-hydrogen) atoms. The van der Waals surface area contributed by atoms with Gasteiger partial charge in [-0.3, -0.25) is 0 Å². The summed E-state index contributed by atoms with van der Waals surface area (Å²) in [6.07, 6.45) is 0.348. The first-order valence-electron chi connectivity index (χ1n) is 4.07. The molecule has 0 bridgehead atoms. The third kappa shape index (κ3) is 2.49. The molecule has 0 fully saturated rings. The lowest BCUT2D eigenvalue weighted by Crippen LogP contribution is -1.93. The van der Waals surface area contributed by atoms with Crippen LogP contribution in [0.4, 0.5) is 8.78 Å². The van der Waals surface area contributed by atoms with Crippen LogP contribution in [0.5, 0.6) is 0 Å². The number of nitrogens with zero attached hydrogens (tertiary/aromatic N) is 2. The van der Waals surface area contributed by atoms with Gasteiger partial charge in [0.05, 0.1) is 0 Å². The minimum absolute atomic E-state index is 0.340. The molecule has 6 heteroatoms. The molecule has 0 saturated carbocycles. The molecule has 2 rings (SSSR count). The zero-order valence-electron chi connectivity index (χ0n) is 7.38. The molecule has 0 N–H and O–H groups in total. The Bertz CT molecular complexity index is 487. The summed E-state index contributed by atoms with van der Waals surface area (Å²) in [7, 11) is 0. The van der Waals surface area contributed by atoms with Gasteiger partial charge in [0.25, 0.3) is 0 Å². The summed E-state index contributed by atoms with van der Waals surface area (Å²) in [5.74, 6) is -1.21. The quantitative estimate of drug-likeness (QED) is 0.814. The van der Waals surface area contributed by atoms with E-state index in [1.54, 1.807) is 0 Å². The average Bonchev–Trinajstić information content (AvgIpc) is 2.58. The predicted molar refractivity (Wildman–Crippen MR) is 54.1 cm³/mol. The van der Waals surface area contributed by atoms with Crippen molar-refractivity contribution in [3.05, 3.63) is 45.7 Å². The molecule has 0 aliphatic carbocycles. The molecule has 0 saturated heterocycles. The largest absolute Gasteiger partial charge is 0.208 e. The maximum absolute atomic E-state index is 12.8. The Morgan fingerprint density at radius 1 is 1.27 bits per heavy atom. The third-order valence-electron chi connectivity index (χ3n) is 1.79. The fourth-order valence-corrected chi connectivity index (χ4v) is 1.77. The molecule has 2 aromatic rings. The zero-order chi connectivity index (χ0) is 10.8. The topological polar surface area (TPSA) is 25.8 Å². The Labute approximate surface area is 93.7 Å². The number of rotatable bonds is 2. The summed E-state index contributed by atoms with van der Waals surface area (Å²) < 4.78 is 29.8. The molecule has 0 atom stereocenters. The Hall–Kier alpha value is -1.07. The first-order chi connectivity index (χ1) is 7.15. The minimum atomic E-state index is -0.867. The van der Waals surface area contributed by atoms with Gasteiger partial charge in [-0.25, -0.2) is 13.8 Å². The highest BCUT2D eigenvalue weighted by atomic mass is 35.5. The first kappa shape index (κ1) is 10.4. The molecule has 0 aliphatic heterocycles. The van der Waals surface area contributed by atoms with Gasteiger partial charge < -0.3 is 0 Å². The van der Waals surface area contributed by atoms with Gasteiger partial charge in [0.2, 0.25) is 4.47 Å². The number of halogens is 3. The van der Waals surface area contributed by atoms with Crippen LogP contribution < -0.4 is 0 Å². The molecule has 2 nitrogen and oxygen atoms in total. The Morgan fingerprint density at radius 3 is 2.67 bits per heavy atom. The fourth-order valence-electron chi connectivity index (χ4n) is 1.14. The van der Waals surface area contributed by atoms with E-state index in [1.165, 1.54) is 6.07 Å². The maximum atomic E-state index is 12.8. The molecule has 1 heterocycles. The Morgan fingerprint density at radius 2 is 2.07 bits per heavy atom. The second-order valence-electron chi connectivity index (χ2n) is 2.89. The van der Waals surface area contributed by atoms with E-state index >= 15 is 0 Å². The molecule has 0 radical (unpaired) electrons. The summed E-state index contributed by atoms with van der Waals surface area (Å²) in [5.41, 5.74) is 0.614. The van der Waals surface area contributed by atoms with Gasteiger partial charge in [-0.1, -0.05) is 6.07 Å². The van der Waals surface area contributed by atoms with Crippen LogP contribution in [0.15, 0.2) is 18.2 Å². The van der Waals surface area contributed by atoms with Gasteiger partial charge in [0.1, 0.15) is 5.82 Å². The molecule has 0 amide bonds. The molecule has 0 spiro atoms. The van der Waals surface area contributed by atoms with Crippen LogP contribution in [0.2, 0.25) is 4.47 Å². The van der Waals surface area contributed by atoms with Crippen LogP contribution in [-0.2, 0) is 6.42 Å². The normalized spacial score (nSPS) is 10.6. The molecule has 1 aromatic carbocycles. The highest BCUT2D eigenvalue weighted by Crippen LogP contribution is 2.15. The van der Waals surface area contributed by atoms with E-state index in [-0.39, 0.29) is 0 Å². The molecule has 0 unspecified atom stereocenters. The lowest BCUT2D eigenvalue weighted by molar-refractivity contribution is 0.507.